The second kappa shape index (κ2) is 7.27. The van der Waals surface area contributed by atoms with Gasteiger partial charge in [-0.05, 0) is 25.0 Å². The Hall–Kier alpha value is -1.22. The van der Waals surface area contributed by atoms with E-state index in [4.69, 9.17) is 16.3 Å². The van der Waals surface area contributed by atoms with Crippen LogP contribution >= 0.6 is 11.6 Å². The number of ether oxygens (including phenoxy) is 1. The third kappa shape index (κ3) is 3.91. The van der Waals surface area contributed by atoms with E-state index in [2.05, 4.69) is 0 Å². The molecule has 1 aromatic carbocycles. The molecule has 0 fully saturated rings. The number of carbonyl (C=O) groups is 1. The lowest BCUT2D eigenvalue weighted by Gasteiger charge is -2.25. The van der Waals surface area contributed by atoms with Gasteiger partial charge in [0.2, 0.25) is 5.91 Å². The first-order valence-corrected chi connectivity index (χ1v) is 6.57. The van der Waals surface area contributed by atoms with Crippen LogP contribution in [0.15, 0.2) is 24.3 Å². The van der Waals surface area contributed by atoms with Crippen molar-refractivity contribution in [1.82, 2.24) is 4.90 Å². The molecule has 4 heteroatoms. The van der Waals surface area contributed by atoms with E-state index < -0.39 is 0 Å². The first-order chi connectivity index (χ1) is 8.60. The standard InChI is InChI=1S/C14H20ClNO2/c1-11(16(2)14(17)8-9-15)10-12-6-4-5-7-13(12)18-3/h4-7,11H,8-10H2,1-3H3. The highest BCUT2D eigenvalue weighted by atomic mass is 35.5. The minimum absolute atomic E-state index is 0.0763. The molecular weight excluding hydrogens is 250 g/mol. The van der Waals surface area contributed by atoms with E-state index in [0.29, 0.717) is 12.3 Å². The molecule has 1 atom stereocenters. The Kier molecular flexibility index (Phi) is 5.99. The molecule has 0 aromatic heterocycles. The second-order valence-corrected chi connectivity index (χ2v) is 4.69. The molecule has 1 amide bonds. The SMILES string of the molecule is COc1ccccc1CC(C)N(C)C(=O)CCCl. The van der Waals surface area contributed by atoms with Gasteiger partial charge in [0.1, 0.15) is 5.75 Å². The van der Waals surface area contributed by atoms with Gasteiger partial charge >= 0.3 is 0 Å². The van der Waals surface area contributed by atoms with Crippen LogP contribution in [0, 0.1) is 0 Å². The van der Waals surface area contributed by atoms with Crippen molar-refractivity contribution >= 4 is 17.5 Å². The molecular formula is C14H20ClNO2. The number of methoxy groups -OCH3 is 1. The van der Waals surface area contributed by atoms with Crippen LogP contribution in [-0.4, -0.2) is 36.9 Å². The minimum Gasteiger partial charge on any atom is -0.496 e. The van der Waals surface area contributed by atoms with Crippen molar-refractivity contribution < 1.29 is 9.53 Å². The summed E-state index contributed by atoms with van der Waals surface area (Å²) in [6.45, 7) is 2.03. The number of rotatable bonds is 6. The third-order valence-electron chi connectivity index (χ3n) is 3.07. The Labute approximate surface area is 114 Å². The molecule has 3 nitrogen and oxygen atoms in total. The first-order valence-electron chi connectivity index (χ1n) is 6.03. The number of likely N-dealkylation sites (N-methyl/N-ethyl adjacent to an activating group) is 1. The molecule has 0 aliphatic carbocycles. The summed E-state index contributed by atoms with van der Waals surface area (Å²) in [6.07, 6.45) is 1.16. The largest absolute Gasteiger partial charge is 0.496 e. The van der Waals surface area contributed by atoms with Crippen molar-refractivity contribution in [1.29, 1.82) is 0 Å². The Morgan fingerprint density at radius 3 is 2.72 bits per heavy atom. The van der Waals surface area contributed by atoms with Crippen LogP contribution in [0.1, 0.15) is 18.9 Å². The monoisotopic (exact) mass is 269 g/mol. The van der Waals surface area contributed by atoms with Crippen molar-refractivity contribution in [3.05, 3.63) is 29.8 Å². The van der Waals surface area contributed by atoms with E-state index in [1.807, 2.05) is 38.2 Å². The molecule has 0 bridgehead atoms. The Morgan fingerprint density at radius 2 is 2.11 bits per heavy atom. The lowest BCUT2D eigenvalue weighted by Crippen LogP contribution is -2.36. The summed E-state index contributed by atoms with van der Waals surface area (Å²) in [6, 6.07) is 8.00. The van der Waals surface area contributed by atoms with Crippen molar-refractivity contribution in [3.8, 4) is 5.75 Å². The van der Waals surface area contributed by atoms with E-state index >= 15 is 0 Å². The summed E-state index contributed by atoms with van der Waals surface area (Å²) < 4.78 is 5.31. The Balaban J connectivity index is 2.69. The zero-order chi connectivity index (χ0) is 13.5. The van der Waals surface area contributed by atoms with Gasteiger partial charge in [-0.2, -0.15) is 0 Å². The molecule has 0 aliphatic heterocycles. The van der Waals surface area contributed by atoms with Gasteiger partial charge in [-0.25, -0.2) is 0 Å². The summed E-state index contributed by atoms with van der Waals surface area (Å²) in [7, 11) is 3.47. The van der Waals surface area contributed by atoms with E-state index in [1.165, 1.54) is 0 Å². The molecule has 0 spiro atoms. The van der Waals surface area contributed by atoms with Crippen molar-refractivity contribution in [2.24, 2.45) is 0 Å². The number of hydrogen-bond acceptors (Lipinski definition) is 2. The maximum Gasteiger partial charge on any atom is 0.223 e. The number of para-hydroxylation sites is 1. The highest BCUT2D eigenvalue weighted by Gasteiger charge is 2.16. The summed E-state index contributed by atoms with van der Waals surface area (Å²) in [4.78, 5) is 13.5. The van der Waals surface area contributed by atoms with Crippen LogP contribution in [-0.2, 0) is 11.2 Å². The average Bonchev–Trinajstić information content (AvgIpc) is 2.38. The van der Waals surface area contributed by atoms with Gasteiger partial charge in [0.15, 0.2) is 0 Å². The van der Waals surface area contributed by atoms with Gasteiger partial charge in [-0.15, -0.1) is 11.6 Å². The number of hydrogen-bond donors (Lipinski definition) is 0. The first kappa shape index (κ1) is 14.8. The number of carbonyl (C=O) groups excluding carboxylic acids is 1. The van der Waals surface area contributed by atoms with Crippen LogP contribution in [0.2, 0.25) is 0 Å². The zero-order valence-corrected chi connectivity index (χ0v) is 11.9. The van der Waals surface area contributed by atoms with Crippen molar-refractivity contribution in [3.63, 3.8) is 0 Å². The van der Waals surface area contributed by atoms with Crippen LogP contribution < -0.4 is 4.74 Å². The van der Waals surface area contributed by atoms with Crippen molar-refractivity contribution in [2.45, 2.75) is 25.8 Å². The van der Waals surface area contributed by atoms with E-state index in [9.17, 15) is 4.79 Å². The molecule has 1 rings (SSSR count). The van der Waals surface area contributed by atoms with Crippen LogP contribution in [0.25, 0.3) is 0 Å². The van der Waals surface area contributed by atoms with Gasteiger partial charge in [-0.1, -0.05) is 18.2 Å². The lowest BCUT2D eigenvalue weighted by molar-refractivity contribution is -0.131. The van der Waals surface area contributed by atoms with E-state index in [0.717, 1.165) is 17.7 Å². The third-order valence-corrected chi connectivity index (χ3v) is 3.26. The minimum atomic E-state index is 0.0763. The number of nitrogens with zero attached hydrogens (tertiary/aromatic N) is 1. The molecule has 1 unspecified atom stereocenters. The summed E-state index contributed by atoms with van der Waals surface area (Å²) in [5, 5.41) is 0. The number of halogens is 1. The Bertz CT molecular complexity index is 395. The maximum absolute atomic E-state index is 11.7. The van der Waals surface area contributed by atoms with E-state index in [1.54, 1.807) is 12.0 Å². The smallest absolute Gasteiger partial charge is 0.223 e. The highest BCUT2D eigenvalue weighted by Crippen LogP contribution is 2.20. The van der Waals surface area contributed by atoms with Gasteiger partial charge in [0.05, 0.1) is 7.11 Å². The molecule has 0 saturated carbocycles. The molecule has 0 aliphatic rings. The predicted molar refractivity (Wildman–Crippen MR) is 74.3 cm³/mol. The number of benzene rings is 1. The number of amides is 1. The normalized spacial score (nSPS) is 12.0. The van der Waals surface area contributed by atoms with Crippen LogP contribution in [0.4, 0.5) is 0 Å². The lowest BCUT2D eigenvalue weighted by atomic mass is 10.0. The fraction of sp³-hybridized carbons (Fsp3) is 0.500. The molecule has 0 radical (unpaired) electrons. The molecule has 0 saturated heterocycles. The van der Waals surface area contributed by atoms with Crippen LogP contribution in [0.3, 0.4) is 0 Å². The highest BCUT2D eigenvalue weighted by molar-refractivity contribution is 6.18. The van der Waals surface area contributed by atoms with E-state index in [-0.39, 0.29) is 11.9 Å². The number of alkyl halides is 1. The molecule has 0 N–H and O–H groups in total. The predicted octanol–water partition coefficient (Wildman–Crippen LogP) is 2.71. The van der Waals surface area contributed by atoms with Gasteiger partial charge in [0, 0.05) is 25.4 Å². The Morgan fingerprint density at radius 1 is 1.44 bits per heavy atom. The fourth-order valence-corrected chi connectivity index (χ4v) is 1.99. The summed E-state index contributed by atoms with van der Waals surface area (Å²) in [5.74, 6) is 1.31. The molecule has 100 valence electrons. The maximum atomic E-state index is 11.7. The summed E-state index contributed by atoms with van der Waals surface area (Å²) >= 11 is 5.59. The zero-order valence-electron chi connectivity index (χ0n) is 11.1. The van der Waals surface area contributed by atoms with Gasteiger partial charge in [0.25, 0.3) is 0 Å². The second-order valence-electron chi connectivity index (χ2n) is 4.31. The van der Waals surface area contributed by atoms with Gasteiger partial charge in [-0.3, -0.25) is 4.79 Å². The molecule has 18 heavy (non-hydrogen) atoms. The van der Waals surface area contributed by atoms with Crippen LogP contribution in [0.5, 0.6) is 5.75 Å². The van der Waals surface area contributed by atoms with Gasteiger partial charge < -0.3 is 9.64 Å². The topological polar surface area (TPSA) is 29.5 Å². The van der Waals surface area contributed by atoms with Crippen molar-refractivity contribution in [2.75, 3.05) is 20.0 Å². The average molecular weight is 270 g/mol. The molecule has 0 heterocycles. The fourth-order valence-electron chi connectivity index (χ4n) is 1.83. The summed E-state index contributed by atoms with van der Waals surface area (Å²) in [5.41, 5.74) is 1.11. The molecule has 1 aromatic rings. The quantitative estimate of drug-likeness (QED) is 0.743.